The average molecular weight is 412 g/mol. The van der Waals surface area contributed by atoms with E-state index in [4.69, 9.17) is 18.6 Å². The van der Waals surface area contributed by atoms with Crippen LogP contribution in [0.5, 0.6) is 17.2 Å². The highest BCUT2D eigenvalue weighted by atomic mass is 16.6. The molecule has 0 unspecified atom stereocenters. The summed E-state index contributed by atoms with van der Waals surface area (Å²) in [5, 5.41) is 1.18. The molecule has 0 saturated heterocycles. The van der Waals surface area contributed by atoms with Gasteiger partial charge in [0.2, 0.25) is 0 Å². The normalized spacial score (nSPS) is 10.7. The molecule has 30 heavy (non-hydrogen) atoms. The molecule has 0 bridgehead atoms. The van der Waals surface area contributed by atoms with Crippen LogP contribution in [0, 0.1) is 13.8 Å². The highest BCUT2D eigenvalue weighted by Crippen LogP contribution is 2.36. The minimum Gasteiger partial charge on any atom is -0.493 e. The molecule has 0 aliphatic heterocycles. The van der Waals surface area contributed by atoms with Gasteiger partial charge in [-0.05, 0) is 56.2 Å². The molecule has 0 amide bonds. The summed E-state index contributed by atoms with van der Waals surface area (Å²) in [5.41, 5.74) is 1.24. The van der Waals surface area contributed by atoms with Gasteiger partial charge < -0.3 is 23.4 Å². The van der Waals surface area contributed by atoms with Crippen molar-refractivity contribution < 1.29 is 28.2 Å². The van der Waals surface area contributed by atoms with E-state index in [9.17, 15) is 9.59 Å². The Balaban J connectivity index is 2.14. The zero-order valence-corrected chi connectivity index (χ0v) is 17.7. The van der Waals surface area contributed by atoms with Gasteiger partial charge in [0.15, 0.2) is 23.5 Å². The molecule has 3 rings (SSSR count). The third-order valence-electron chi connectivity index (χ3n) is 4.70. The number of furan rings is 1. The first-order valence-corrected chi connectivity index (χ1v) is 9.48. The zero-order chi connectivity index (χ0) is 21.8. The number of aryl methyl sites for hydroxylation is 2. The maximum Gasteiger partial charge on any atom is 0.343 e. The van der Waals surface area contributed by atoms with Gasteiger partial charge in [-0.1, -0.05) is 6.07 Å². The second-order valence-electron chi connectivity index (χ2n) is 6.60. The van der Waals surface area contributed by atoms with Crippen molar-refractivity contribution in [2.24, 2.45) is 0 Å². The van der Waals surface area contributed by atoms with Crippen molar-refractivity contribution in [3.63, 3.8) is 0 Å². The van der Waals surface area contributed by atoms with Gasteiger partial charge in [-0.25, -0.2) is 4.79 Å². The van der Waals surface area contributed by atoms with E-state index in [0.717, 1.165) is 5.56 Å². The number of fused-ring (bicyclic) bond motifs is 1. The third-order valence-corrected chi connectivity index (χ3v) is 4.70. The molecule has 0 fully saturated rings. The maximum absolute atomic E-state index is 13.0. The van der Waals surface area contributed by atoms with E-state index < -0.39 is 5.97 Å². The topological polar surface area (TPSA) is 84.2 Å². The molecule has 0 aliphatic rings. The van der Waals surface area contributed by atoms with E-state index in [0.29, 0.717) is 51.7 Å². The van der Waals surface area contributed by atoms with Crippen molar-refractivity contribution in [2.45, 2.75) is 20.8 Å². The molecule has 1 heterocycles. The molecule has 0 spiro atoms. The number of carbonyl (C=O) groups is 1. The number of hydrogen-bond acceptors (Lipinski definition) is 7. The molecule has 7 nitrogen and oxygen atoms in total. The van der Waals surface area contributed by atoms with Crippen LogP contribution in [0.4, 0.5) is 0 Å². The third kappa shape index (κ3) is 4.10. The van der Waals surface area contributed by atoms with Gasteiger partial charge in [-0.3, -0.25) is 4.79 Å². The van der Waals surface area contributed by atoms with E-state index in [2.05, 4.69) is 4.74 Å². The van der Waals surface area contributed by atoms with Crippen LogP contribution in [-0.4, -0.2) is 33.4 Å². The quantitative estimate of drug-likeness (QED) is 0.542. The van der Waals surface area contributed by atoms with Crippen LogP contribution in [0.2, 0.25) is 0 Å². The Morgan fingerprint density at radius 2 is 1.60 bits per heavy atom. The second kappa shape index (κ2) is 8.90. The van der Waals surface area contributed by atoms with E-state index in [1.165, 1.54) is 14.2 Å². The summed E-state index contributed by atoms with van der Waals surface area (Å²) >= 11 is 0. The Bertz CT molecular complexity index is 1140. The lowest BCUT2D eigenvalue weighted by molar-refractivity contribution is -0.142. The molecule has 3 aromatic rings. The molecule has 0 aliphatic carbocycles. The van der Waals surface area contributed by atoms with E-state index in [-0.39, 0.29) is 12.0 Å². The van der Waals surface area contributed by atoms with Crippen LogP contribution < -0.4 is 19.6 Å². The molecule has 1 aromatic heterocycles. The second-order valence-corrected chi connectivity index (χ2v) is 6.60. The summed E-state index contributed by atoms with van der Waals surface area (Å²) in [6.07, 6.45) is 0. The lowest BCUT2D eigenvalue weighted by atomic mass is 10.1. The number of rotatable bonds is 7. The largest absolute Gasteiger partial charge is 0.493 e. The van der Waals surface area contributed by atoms with E-state index in [1.807, 2.05) is 19.9 Å². The molecule has 0 radical (unpaired) electrons. The lowest BCUT2D eigenvalue weighted by Crippen LogP contribution is -2.12. The first-order chi connectivity index (χ1) is 14.4. The Kier molecular flexibility index (Phi) is 6.30. The molecular weight excluding hydrogens is 388 g/mol. The number of hydrogen-bond donors (Lipinski definition) is 0. The van der Waals surface area contributed by atoms with E-state index in [1.54, 1.807) is 31.2 Å². The Morgan fingerprint density at radius 3 is 2.27 bits per heavy atom. The standard InChI is InChI=1S/C23H24O7/c1-6-28-20-11-16(9-17(24)22-13(2)30-14(3)23(20)22)15-7-8-18(19(10-15)26-4)29-12-21(25)27-5/h7-11H,6,12H2,1-5H3. The summed E-state index contributed by atoms with van der Waals surface area (Å²) in [6.45, 7) is 5.67. The van der Waals surface area contributed by atoms with Gasteiger partial charge >= 0.3 is 5.97 Å². The molecule has 158 valence electrons. The number of benzene rings is 1. The fourth-order valence-electron chi connectivity index (χ4n) is 3.34. The summed E-state index contributed by atoms with van der Waals surface area (Å²) < 4.78 is 27.0. The minimum atomic E-state index is -0.497. The Labute approximate surface area is 174 Å². The van der Waals surface area contributed by atoms with E-state index >= 15 is 0 Å². The number of ether oxygens (including phenoxy) is 4. The molecule has 2 aromatic carbocycles. The predicted octanol–water partition coefficient (Wildman–Crippen LogP) is 4.04. The van der Waals surface area contributed by atoms with Crippen LogP contribution >= 0.6 is 0 Å². The first kappa shape index (κ1) is 21.2. The average Bonchev–Trinajstić information content (AvgIpc) is 2.94. The monoisotopic (exact) mass is 412 g/mol. The van der Waals surface area contributed by atoms with Gasteiger partial charge in [0, 0.05) is 0 Å². The first-order valence-electron chi connectivity index (χ1n) is 9.48. The van der Waals surface area contributed by atoms with Crippen molar-refractivity contribution in [3.8, 4) is 28.4 Å². The fraction of sp³-hybridized carbons (Fsp3) is 0.304. The van der Waals surface area contributed by atoms with Gasteiger partial charge in [-0.15, -0.1) is 0 Å². The number of methoxy groups -OCH3 is 2. The lowest BCUT2D eigenvalue weighted by Gasteiger charge is -2.11. The number of esters is 1. The van der Waals surface area contributed by atoms with Crippen LogP contribution in [0.1, 0.15) is 18.4 Å². The fourth-order valence-corrected chi connectivity index (χ4v) is 3.34. The molecular formula is C23H24O7. The van der Waals surface area contributed by atoms with Crippen LogP contribution in [0.3, 0.4) is 0 Å². The van der Waals surface area contributed by atoms with Gasteiger partial charge in [0.1, 0.15) is 17.3 Å². The predicted molar refractivity (Wildman–Crippen MR) is 113 cm³/mol. The number of carbonyl (C=O) groups excluding carboxylic acids is 1. The van der Waals surface area contributed by atoms with Gasteiger partial charge in [0.05, 0.1) is 31.6 Å². The summed E-state index contributed by atoms with van der Waals surface area (Å²) in [5.74, 6) is 2.08. The van der Waals surface area contributed by atoms with Crippen molar-refractivity contribution in [3.05, 3.63) is 52.1 Å². The maximum atomic E-state index is 13.0. The van der Waals surface area contributed by atoms with Crippen LogP contribution in [0.25, 0.3) is 21.9 Å². The molecule has 7 heteroatoms. The summed E-state index contributed by atoms with van der Waals surface area (Å²) in [7, 11) is 2.79. The highest BCUT2D eigenvalue weighted by Gasteiger charge is 2.17. The van der Waals surface area contributed by atoms with Gasteiger partial charge in [-0.2, -0.15) is 0 Å². The van der Waals surface area contributed by atoms with Crippen molar-refractivity contribution in [1.82, 2.24) is 0 Å². The summed E-state index contributed by atoms with van der Waals surface area (Å²) in [6, 6.07) is 8.58. The molecule has 0 saturated carbocycles. The molecule has 0 N–H and O–H groups in total. The Morgan fingerprint density at radius 1 is 0.900 bits per heavy atom. The minimum absolute atomic E-state index is 0.162. The Hall–Kier alpha value is -3.48. The molecule has 0 atom stereocenters. The summed E-state index contributed by atoms with van der Waals surface area (Å²) in [4.78, 5) is 24.3. The van der Waals surface area contributed by atoms with Crippen LogP contribution in [0.15, 0.2) is 39.5 Å². The SMILES string of the molecule is CCOc1cc(-c2ccc(OCC(=O)OC)c(OC)c2)cc(=O)c2c(C)oc(C)c12. The highest BCUT2D eigenvalue weighted by molar-refractivity contribution is 5.93. The van der Waals surface area contributed by atoms with Crippen LogP contribution in [-0.2, 0) is 9.53 Å². The van der Waals surface area contributed by atoms with Crippen molar-refractivity contribution in [2.75, 3.05) is 27.4 Å². The van der Waals surface area contributed by atoms with Gasteiger partial charge in [0.25, 0.3) is 0 Å². The van der Waals surface area contributed by atoms with Crippen molar-refractivity contribution in [1.29, 1.82) is 0 Å². The smallest absolute Gasteiger partial charge is 0.343 e. The zero-order valence-electron chi connectivity index (χ0n) is 17.7. The van der Waals surface area contributed by atoms with Crippen molar-refractivity contribution >= 4 is 16.7 Å².